The van der Waals surface area contributed by atoms with E-state index in [1.165, 1.54) is 0 Å². The van der Waals surface area contributed by atoms with Crippen LogP contribution in [0, 0.1) is 11.3 Å². The number of piperidine rings is 1. The van der Waals surface area contributed by atoms with Gasteiger partial charge in [0.25, 0.3) is 0 Å². The van der Waals surface area contributed by atoms with Crippen LogP contribution in [-0.4, -0.2) is 37.1 Å². The Kier molecular flexibility index (Phi) is 8.40. The fraction of sp³-hybridized carbons (Fsp3) is 0.400. The summed E-state index contributed by atoms with van der Waals surface area (Å²) < 4.78 is 29.5. The van der Waals surface area contributed by atoms with Crippen molar-refractivity contribution in [3.05, 3.63) is 113 Å². The quantitative estimate of drug-likeness (QED) is 0.199. The fourth-order valence-corrected chi connectivity index (χ4v) is 9.06. The van der Waals surface area contributed by atoms with Crippen LogP contribution < -0.4 is 4.31 Å². The van der Waals surface area contributed by atoms with E-state index in [-0.39, 0.29) is 41.6 Å². The Bertz CT molecular complexity index is 1590. The highest BCUT2D eigenvalue weighted by molar-refractivity contribution is 7.93. The Balaban J connectivity index is 1.51. The molecule has 8 heteroatoms. The van der Waals surface area contributed by atoms with E-state index < -0.39 is 15.4 Å². The molecule has 226 valence electrons. The first kappa shape index (κ1) is 30.2. The molecule has 1 aliphatic heterocycles. The number of para-hydroxylation sites is 1. The standard InChI is InChI=1S/C35H38Cl2N2O3S/c1-3-20-35(2)22-31(26-8-7-9-28(37)21-26)33(25-14-16-27(36)17-15-25)39(34(35)40)32(24-12-13-24)23-38(29-10-5-4-6-11-29)43(41,42)30-18-19-30/h3-11,14-17,21,24,30-33H,1,12-13,18-20,22-23H2,2H3/t31-,32?,33-,35+/m1/s1. The Hall–Kier alpha value is -2.80. The number of carbonyl (C=O) groups is 1. The number of rotatable bonds is 11. The van der Waals surface area contributed by atoms with Crippen LogP contribution in [0.15, 0.2) is 91.5 Å². The average molecular weight is 638 g/mol. The molecule has 5 nitrogen and oxygen atoms in total. The number of anilines is 1. The van der Waals surface area contributed by atoms with Crippen molar-refractivity contribution in [2.45, 2.75) is 68.7 Å². The van der Waals surface area contributed by atoms with Crippen LogP contribution in [0.1, 0.15) is 68.5 Å². The van der Waals surface area contributed by atoms with Gasteiger partial charge in [-0.2, -0.15) is 0 Å². The number of benzene rings is 3. The first-order valence-corrected chi connectivity index (χ1v) is 17.4. The summed E-state index contributed by atoms with van der Waals surface area (Å²) in [7, 11) is -3.59. The van der Waals surface area contributed by atoms with E-state index in [4.69, 9.17) is 23.2 Å². The second kappa shape index (κ2) is 11.9. The molecule has 1 saturated heterocycles. The lowest BCUT2D eigenvalue weighted by molar-refractivity contribution is -0.154. The van der Waals surface area contributed by atoms with Crippen molar-refractivity contribution in [1.82, 2.24) is 4.90 Å². The van der Waals surface area contributed by atoms with Crippen molar-refractivity contribution >= 4 is 44.8 Å². The summed E-state index contributed by atoms with van der Waals surface area (Å²) in [4.78, 5) is 16.9. The summed E-state index contributed by atoms with van der Waals surface area (Å²) in [6.45, 7) is 6.25. The summed E-state index contributed by atoms with van der Waals surface area (Å²) in [5, 5.41) is 0.894. The number of likely N-dealkylation sites (tertiary alicyclic amines) is 1. The van der Waals surface area contributed by atoms with Gasteiger partial charge in [-0.25, -0.2) is 8.42 Å². The molecule has 0 N–H and O–H groups in total. The zero-order valence-corrected chi connectivity index (χ0v) is 26.7. The van der Waals surface area contributed by atoms with E-state index in [2.05, 4.69) is 17.5 Å². The molecule has 43 heavy (non-hydrogen) atoms. The van der Waals surface area contributed by atoms with Crippen LogP contribution in [-0.2, 0) is 14.8 Å². The molecule has 3 aliphatic rings. The fourth-order valence-electron chi connectivity index (χ4n) is 6.86. The third kappa shape index (κ3) is 6.11. The third-order valence-electron chi connectivity index (χ3n) is 9.36. The van der Waals surface area contributed by atoms with Gasteiger partial charge in [0.1, 0.15) is 0 Å². The second-order valence-corrected chi connectivity index (χ2v) is 15.7. The molecule has 0 radical (unpaired) electrons. The SMILES string of the molecule is C=CC[C@@]1(C)C[C@H](c2cccc(Cl)c2)[C@@H](c2ccc(Cl)cc2)N(C(CN(c2ccccc2)S(=O)(=O)C2CC2)C2CC2)C1=O. The summed E-state index contributed by atoms with van der Waals surface area (Å²) in [6, 6.07) is 24.4. The highest BCUT2D eigenvalue weighted by Crippen LogP contribution is 2.54. The van der Waals surface area contributed by atoms with Gasteiger partial charge in [0.05, 0.1) is 35.0 Å². The molecule has 2 aliphatic carbocycles. The molecule has 3 aromatic carbocycles. The summed E-state index contributed by atoms with van der Waals surface area (Å²) >= 11 is 12.9. The second-order valence-electron chi connectivity index (χ2n) is 12.6. The van der Waals surface area contributed by atoms with Crippen LogP contribution in [0.5, 0.6) is 0 Å². The molecule has 6 rings (SSSR count). The third-order valence-corrected chi connectivity index (χ3v) is 12.1. The Labute approximate surface area is 265 Å². The molecule has 0 bridgehead atoms. The van der Waals surface area contributed by atoms with Crippen LogP contribution in [0.2, 0.25) is 10.0 Å². The van der Waals surface area contributed by atoms with Crippen molar-refractivity contribution in [3.8, 4) is 0 Å². The number of hydrogen-bond donors (Lipinski definition) is 0. The van der Waals surface area contributed by atoms with Crippen LogP contribution in [0.4, 0.5) is 5.69 Å². The van der Waals surface area contributed by atoms with E-state index in [9.17, 15) is 13.2 Å². The largest absolute Gasteiger partial charge is 0.329 e. The van der Waals surface area contributed by atoms with Crippen molar-refractivity contribution in [2.75, 3.05) is 10.8 Å². The molecule has 3 fully saturated rings. The number of sulfonamides is 1. The van der Waals surface area contributed by atoms with Gasteiger partial charge in [-0.3, -0.25) is 9.10 Å². The predicted molar refractivity (Wildman–Crippen MR) is 175 cm³/mol. The van der Waals surface area contributed by atoms with Gasteiger partial charge in [-0.05, 0) is 92.0 Å². The van der Waals surface area contributed by atoms with E-state index in [1.54, 1.807) is 4.31 Å². The average Bonchev–Trinajstić information content (AvgIpc) is 3.90. The first-order chi connectivity index (χ1) is 20.6. The van der Waals surface area contributed by atoms with Crippen molar-refractivity contribution < 1.29 is 13.2 Å². The van der Waals surface area contributed by atoms with Crippen LogP contribution in [0.25, 0.3) is 0 Å². The molecular weight excluding hydrogens is 599 g/mol. The Morgan fingerprint density at radius 2 is 1.65 bits per heavy atom. The minimum atomic E-state index is -3.59. The van der Waals surface area contributed by atoms with Gasteiger partial charge in [-0.1, -0.05) is 78.7 Å². The van der Waals surface area contributed by atoms with E-state index in [0.717, 1.165) is 24.0 Å². The Morgan fingerprint density at radius 3 is 2.26 bits per heavy atom. The molecule has 2 saturated carbocycles. The highest BCUT2D eigenvalue weighted by atomic mass is 35.5. The number of carbonyl (C=O) groups excluding carboxylic acids is 1. The number of hydrogen-bond acceptors (Lipinski definition) is 3. The smallest absolute Gasteiger partial charge is 0.238 e. The van der Waals surface area contributed by atoms with Crippen molar-refractivity contribution in [2.24, 2.45) is 11.3 Å². The van der Waals surface area contributed by atoms with Gasteiger partial charge in [0, 0.05) is 16.0 Å². The lowest BCUT2D eigenvalue weighted by Crippen LogP contribution is -2.59. The number of allylic oxidation sites excluding steroid dienone is 1. The van der Waals surface area contributed by atoms with Crippen molar-refractivity contribution in [3.63, 3.8) is 0 Å². The van der Waals surface area contributed by atoms with Crippen molar-refractivity contribution in [1.29, 1.82) is 0 Å². The number of halogens is 2. The van der Waals surface area contributed by atoms with Gasteiger partial charge in [0.15, 0.2) is 0 Å². The van der Waals surface area contributed by atoms with Gasteiger partial charge >= 0.3 is 0 Å². The lowest BCUT2D eigenvalue weighted by Gasteiger charge is -2.53. The monoisotopic (exact) mass is 636 g/mol. The highest BCUT2D eigenvalue weighted by Gasteiger charge is 2.54. The number of amides is 1. The first-order valence-electron chi connectivity index (χ1n) is 15.1. The van der Waals surface area contributed by atoms with E-state index in [1.807, 2.05) is 85.8 Å². The molecule has 1 amide bonds. The molecule has 1 unspecified atom stereocenters. The molecular formula is C35H38Cl2N2O3S. The Morgan fingerprint density at radius 1 is 0.953 bits per heavy atom. The minimum Gasteiger partial charge on any atom is -0.329 e. The summed E-state index contributed by atoms with van der Waals surface area (Å²) in [5.41, 5.74) is 1.97. The zero-order valence-electron chi connectivity index (χ0n) is 24.4. The molecule has 1 heterocycles. The maximum Gasteiger partial charge on any atom is 0.238 e. The number of nitrogens with zero attached hydrogens (tertiary/aromatic N) is 2. The lowest BCUT2D eigenvalue weighted by atomic mass is 9.67. The molecule has 0 spiro atoms. The van der Waals surface area contributed by atoms with E-state index in [0.29, 0.717) is 41.4 Å². The van der Waals surface area contributed by atoms with E-state index >= 15 is 0 Å². The zero-order chi connectivity index (χ0) is 30.4. The summed E-state index contributed by atoms with van der Waals surface area (Å²) in [5.74, 6) is 0.166. The maximum atomic E-state index is 14.9. The van der Waals surface area contributed by atoms with Gasteiger partial charge in [-0.15, -0.1) is 6.58 Å². The van der Waals surface area contributed by atoms with Gasteiger partial charge in [0.2, 0.25) is 15.9 Å². The molecule has 3 aromatic rings. The van der Waals surface area contributed by atoms with Crippen LogP contribution in [0.3, 0.4) is 0 Å². The molecule has 4 atom stereocenters. The normalized spacial score (nSPS) is 24.9. The minimum absolute atomic E-state index is 0.0411. The van der Waals surface area contributed by atoms with Gasteiger partial charge < -0.3 is 4.90 Å². The maximum absolute atomic E-state index is 14.9. The van der Waals surface area contributed by atoms with Crippen LogP contribution >= 0.6 is 23.2 Å². The molecule has 0 aromatic heterocycles. The topological polar surface area (TPSA) is 57.7 Å². The predicted octanol–water partition coefficient (Wildman–Crippen LogP) is 8.41. The summed E-state index contributed by atoms with van der Waals surface area (Å²) in [6.07, 6.45) is 6.21.